The van der Waals surface area contributed by atoms with E-state index in [0.717, 1.165) is 22.3 Å². The minimum Gasteiger partial charge on any atom is -0.493 e. The van der Waals surface area contributed by atoms with Gasteiger partial charge in [-0.25, -0.2) is 13.2 Å². The quantitative estimate of drug-likeness (QED) is 0.729. The van der Waals surface area contributed by atoms with Gasteiger partial charge in [0.1, 0.15) is 11.3 Å². The zero-order valence-electron chi connectivity index (χ0n) is 13.4. The molecule has 25 heavy (non-hydrogen) atoms. The molecule has 7 heteroatoms. The summed E-state index contributed by atoms with van der Waals surface area (Å²) in [6.45, 7) is 2.37. The number of benzene rings is 2. The molecule has 1 aliphatic heterocycles. The van der Waals surface area contributed by atoms with Crippen LogP contribution in [-0.4, -0.2) is 15.0 Å². The van der Waals surface area contributed by atoms with Crippen LogP contribution in [0, 0.1) is 6.92 Å². The van der Waals surface area contributed by atoms with E-state index in [1.807, 2.05) is 0 Å². The van der Waals surface area contributed by atoms with Gasteiger partial charge >= 0.3 is 5.63 Å². The lowest BCUT2D eigenvalue weighted by atomic mass is 10.1. The van der Waals surface area contributed by atoms with E-state index in [9.17, 15) is 13.2 Å². The van der Waals surface area contributed by atoms with Gasteiger partial charge in [0.2, 0.25) is 0 Å². The van der Waals surface area contributed by atoms with Crippen LogP contribution >= 0.6 is 0 Å². The third-order valence-electron chi connectivity index (χ3n) is 4.17. The van der Waals surface area contributed by atoms with Crippen LogP contribution in [0.25, 0.3) is 11.0 Å². The van der Waals surface area contributed by atoms with Crippen molar-refractivity contribution in [3.8, 4) is 5.75 Å². The average molecular weight is 357 g/mol. The molecule has 1 aromatic heterocycles. The average Bonchev–Trinajstić information content (AvgIpc) is 3.01. The van der Waals surface area contributed by atoms with Crippen LogP contribution in [0.1, 0.15) is 11.1 Å². The lowest BCUT2D eigenvalue weighted by Gasteiger charge is -2.10. The van der Waals surface area contributed by atoms with E-state index in [2.05, 4.69) is 4.72 Å². The fraction of sp³-hybridized carbons (Fsp3) is 0.167. The second-order valence-corrected chi connectivity index (χ2v) is 7.62. The Labute approximate surface area is 144 Å². The van der Waals surface area contributed by atoms with Gasteiger partial charge in [-0.2, -0.15) is 0 Å². The summed E-state index contributed by atoms with van der Waals surface area (Å²) < 4.78 is 38.3. The highest BCUT2D eigenvalue weighted by Gasteiger charge is 2.19. The molecule has 1 N–H and O–H groups in total. The molecule has 1 aliphatic rings. The molecule has 0 fully saturated rings. The molecule has 6 nitrogen and oxygen atoms in total. The number of anilines is 1. The fourth-order valence-electron chi connectivity index (χ4n) is 2.93. The van der Waals surface area contributed by atoms with E-state index in [-0.39, 0.29) is 4.90 Å². The van der Waals surface area contributed by atoms with Crippen molar-refractivity contribution in [3.63, 3.8) is 0 Å². The third kappa shape index (κ3) is 2.87. The number of fused-ring (bicyclic) bond motifs is 2. The highest BCUT2D eigenvalue weighted by atomic mass is 32.2. The molecule has 0 atom stereocenters. The van der Waals surface area contributed by atoms with Gasteiger partial charge in [-0.1, -0.05) is 0 Å². The molecule has 2 aromatic carbocycles. The zero-order valence-corrected chi connectivity index (χ0v) is 14.2. The number of hydrogen-bond donors (Lipinski definition) is 1. The van der Waals surface area contributed by atoms with Crippen molar-refractivity contribution in [1.29, 1.82) is 0 Å². The second-order valence-electron chi connectivity index (χ2n) is 5.93. The molecule has 3 aromatic rings. The molecule has 128 valence electrons. The van der Waals surface area contributed by atoms with Crippen molar-refractivity contribution in [2.75, 3.05) is 11.3 Å². The van der Waals surface area contributed by atoms with Gasteiger partial charge in [0, 0.05) is 23.9 Å². The summed E-state index contributed by atoms with van der Waals surface area (Å²) in [5.41, 5.74) is 1.86. The highest BCUT2D eigenvalue weighted by Crippen LogP contribution is 2.29. The van der Waals surface area contributed by atoms with Crippen molar-refractivity contribution in [1.82, 2.24) is 0 Å². The summed E-state index contributed by atoms with van der Waals surface area (Å²) in [5, 5.41) is 0.761. The summed E-state index contributed by atoms with van der Waals surface area (Å²) in [4.78, 5) is 11.7. The first-order chi connectivity index (χ1) is 11.9. The topological polar surface area (TPSA) is 85.6 Å². The highest BCUT2D eigenvalue weighted by molar-refractivity contribution is 7.92. The first-order valence-corrected chi connectivity index (χ1v) is 9.24. The Morgan fingerprint density at radius 2 is 1.92 bits per heavy atom. The number of rotatable bonds is 3. The van der Waals surface area contributed by atoms with E-state index in [1.165, 1.54) is 18.2 Å². The Morgan fingerprint density at radius 1 is 1.08 bits per heavy atom. The molecular weight excluding hydrogens is 342 g/mol. The maximum absolute atomic E-state index is 12.6. The molecule has 0 saturated carbocycles. The molecule has 4 rings (SSSR count). The Balaban J connectivity index is 1.71. The minimum absolute atomic E-state index is 0.169. The van der Waals surface area contributed by atoms with E-state index in [0.29, 0.717) is 24.3 Å². The van der Waals surface area contributed by atoms with Crippen LogP contribution in [0.15, 0.2) is 56.6 Å². The molecule has 0 aliphatic carbocycles. The summed E-state index contributed by atoms with van der Waals surface area (Å²) in [6.07, 6.45) is 0.694. The lowest BCUT2D eigenvalue weighted by molar-refractivity contribution is 0.356. The summed E-state index contributed by atoms with van der Waals surface area (Å²) >= 11 is 0. The second kappa shape index (κ2) is 5.63. The maximum Gasteiger partial charge on any atom is 0.336 e. The van der Waals surface area contributed by atoms with Crippen LogP contribution in [0.5, 0.6) is 5.75 Å². The Kier molecular flexibility index (Phi) is 3.54. The largest absolute Gasteiger partial charge is 0.493 e. The number of aryl methyl sites for hydroxylation is 1. The van der Waals surface area contributed by atoms with Gasteiger partial charge in [0.15, 0.2) is 0 Å². The molecule has 0 radical (unpaired) electrons. The fourth-order valence-corrected chi connectivity index (χ4v) is 4.03. The van der Waals surface area contributed by atoms with Crippen molar-refractivity contribution < 1.29 is 17.6 Å². The first kappa shape index (κ1) is 15.7. The third-order valence-corrected chi connectivity index (χ3v) is 5.55. The monoisotopic (exact) mass is 357 g/mol. The summed E-state index contributed by atoms with van der Waals surface area (Å²) in [5.74, 6) is 0.724. The standard InChI is InChI=1S/C18H15NO5S/c1-11-8-18(20)24-17-10-13(2-4-15(11)17)19-25(21,22)14-3-5-16-12(9-14)6-7-23-16/h2-5,8-10,19H,6-7H2,1H3. The first-order valence-electron chi connectivity index (χ1n) is 7.75. The van der Waals surface area contributed by atoms with Crippen molar-refractivity contribution in [3.05, 3.63) is 64.0 Å². The number of ether oxygens (including phenoxy) is 1. The van der Waals surface area contributed by atoms with Gasteiger partial charge < -0.3 is 9.15 Å². The molecule has 2 heterocycles. The SMILES string of the molecule is Cc1cc(=O)oc2cc(NS(=O)(=O)c3ccc4c(c3)CCO4)ccc12. The Bertz CT molecular complexity index is 1150. The van der Waals surface area contributed by atoms with Crippen LogP contribution in [0.3, 0.4) is 0 Å². The van der Waals surface area contributed by atoms with Gasteiger partial charge in [-0.05, 0) is 48.4 Å². The van der Waals surface area contributed by atoms with Crippen molar-refractivity contribution in [2.24, 2.45) is 0 Å². The van der Waals surface area contributed by atoms with Gasteiger partial charge in [0.25, 0.3) is 10.0 Å². The predicted octanol–water partition coefficient (Wildman–Crippen LogP) is 2.84. The predicted molar refractivity (Wildman–Crippen MR) is 93.7 cm³/mol. The maximum atomic E-state index is 12.6. The van der Waals surface area contributed by atoms with Crippen LogP contribution < -0.4 is 15.1 Å². The molecule has 0 spiro atoms. The number of sulfonamides is 1. The van der Waals surface area contributed by atoms with Crippen LogP contribution in [0.2, 0.25) is 0 Å². The number of nitrogens with one attached hydrogen (secondary N) is 1. The van der Waals surface area contributed by atoms with Crippen molar-refractivity contribution in [2.45, 2.75) is 18.2 Å². The number of hydrogen-bond acceptors (Lipinski definition) is 5. The zero-order chi connectivity index (χ0) is 17.6. The molecule has 0 saturated heterocycles. The van der Waals surface area contributed by atoms with E-state index in [1.54, 1.807) is 31.2 Å². The van der Waals surface area contributed by atoms with Crippen molar-refractivity contribution >= 4 is 26.7 Å². The Hall–Kier alpha value is -2.80. The summed E-state index contributed by atoms with van der Waals surface area (Å²) in [7, 11) is -3.75. The molecular formula is C18H15NO5S. The summed E-state index contributed by atoms with van der Waals surface area (Å²) in [6, 6.07) is 11.1. The van der Waals surface area contributed by atoms with Gasteiger partial charge in [-0.15, -0.1) is 0 Å². The Morgan fingerprint density at radius 3 is 2.76 bits per heavy atom. The van der Waals surface area contributed by atoms with E-state index in [4.69, 9.17) is 9.15 Å². The minimum atomic E-state index is -3.75. The van der Waals surface area contributed by atoms with Crippen LogP contribution in [0.4, 0.5) is 5.69 Å². The van der Waals surface area contributed by atoms with Crippen LogP contribution in [-0.2, 0) is 16.4 Å². The lowest BCUT2D eigenvalue weighted by Crippen LogP contribution is -2.13. The van der Waals surface area contributed by atoms with E-state index >= 15 is 0 Å². The molecule has 0 bridgehead atoms. The molecule has 0 amide bonds. The molecule has 0 unspecified atom stereocenters. The van der Waals surface area contributed by atoms with Gasteiger partial charge in [-0.3, -0.25) is 4.72 Å². The smallest absolute Gasteiger partial charge is 0.336 e. The van der Waals surface area contributed by atoms with E-state index < -0.39 is 15.6 Å². The van der Waals surface area contributed by atoms with Gasteiger partial charge in [0.05, 0.1) is 17.2 Å². The normalized spacial score (nSPS) is 13.5.